The predicted molar refractivity (Wildman–Crippen MR) is 86.6 cm³/mol. The van der Waals surface area contributed by atoms with Crippen molar-refractivity contribution < 1.29 is 8.42 Å². The van der Waals surface area contributed by atoms with Crippen LogP contribution in [0.25, 0.3) is 0 Å². The summed E-state index contributed by atoms with van der Waals surface area (Å²) in [5, 5.41) is 0. The number of hydrogen-bond acceptors (Lipinski definition) is 3. The molecular weight excluding hydrogens is 284 g/mol. The van der Waals surface area contributed by atoms with E-state index in [1.165, 1.54) is 11.8 Å². The molecule has 1 aromatic rings. The van der Waals surface area contributed by atoms with Crippen molar-refractivity contribution >= 4 is 10.0 Å². The van der Waals surface area contributed by atoms with Crippen molar-refractivity contribution in [2.24, 2.45) is 5.92 Å². The monoisotopic (exact) mass is 310 g/mol. The minimum atomic E-state index is -3.09. The Morgan fingerprint density at radius 2 is 2.05 bits per heavy atom. The number of likely N-dealkylation sites (tertiary alicyclic amines) is 1. The van der Waals surface area contributed by atoms with Crippen molar-refractivity contribution in [3.63, 3.8) is 0 Å². The van der Waals surface area contributed by atoms with Crippen LogP contribution >= 0.6 is 0 Å². The second-order valence-electron chi connectivity index (χ2n) is 5.96. The van der Waals surface area contributed by atoms with Crippen molar-refractivity contribution in [2.45, 2.75) is 32.2 Å². The first-order valence-corrected chi connectivity index (χ1v) is 9.62. The zero-order valence-corrected chi connectivity index (χ0v) is 13.8. The van der Waals surface area contributed by atoms with Crippen LogP contribution in [0.4, 0.5) is 0 Å². The van der Waals surface area contributed by atoms with Gasteiger partial charge in [0.05, 0.1) is 6.26 Å². The van der Waals surface area contributed by atoms with Crippen LogP contribution in [0.5, 0.6) is 0 Å². The SMILES string of the molecule is CC[C@@H](c1ccccc1)N1CCC[C@H](CNS(C)(=O)=O)C1. The van der Waals surface area contributed by atoms with Crippen LogP contribution < -0.4 is 4.72 Å². The first-order chi connectivity index (χ1) is 9.99. The van der Waals surface area contributed by atoms with Gasteiger partial charge in [-0.2, -0.15) is 0 Å². The van der Waals surface area contributed by atoms with Crippen molar-refractivity contribution in [1.82, 2.24) is 9.62 Å². The third-order valence-electron chi connectivity index (χ3n) is 4.20. The Morgan fingerprint density at radius 3 is 2.67 bits per heavy atom. The maximum atomic E-state index is 11.2. The fraction of sp³-hybridized carbons (Fsp3) is 0.625. The number of nitrogens with zero attached hydrogens (tertiary/aromatic N) is 1. The molecule has 0 aromatic heterocycles. The van der Waals surface area contributed by atoms with E-state index >= 15 is 0 Å². The summed E-state index contributed by atoms with van der Waals surface area (Å²) >= 11 is 0. The third kappa shape index (κ3) is 5.09. The van der Waals surface area contributed by atoms with Gasteiger partial charge in [0.15, 0.2) is 0 Å². The van der Waals surface area contributed by atoms with Gasteiger partial charge < -0.3 is 0 Å². The van der Waals surface area contributed by atoms with Crippen LogP contribution in [-0.2, 0) is 10.0 Å². The molecule has 0 saturated carbocycles. The molecule has 1 saturated heterocycles. The average molecular weight is 310 g/mol. The largest absolute Gasteiger partial charge is 0.296 e. The van der Waals surface area contributed by atoms with E-state index in [0.717, 1.165) is 32.4 Å². The van der Waals surface area contributed by atoms with Gasteiger partial charge in [-0.1, -0.05) is 37.3 Å². The lowest BCUT2D eigenvalue weighted by Gasteiger charge is -2.38. The van der Waals surface area contributed by atoms with Crippen LogP contribution in [0.3, 0.4) is 0 Å². The second-order valence-corrected chi connectivity index (χ2v) is 7.79. The van der Waals surface area contributed by atoms with E-state index in [2.05, 4.69) is 40.8 Å². The number of rotatable bonds is 6. The molecule has 2 atom stereocenters. The molecule has 2 rings (SSSR count). The van der Waals surface area contributed by atoms with Crippen LogP contribution in [-0.4, -0.2) is 39.2 Å². The van der Waals surface area contributed by atoms with E-state index in [1.807, 2.05) is 6.07 Å². The summed E-state index contributed by atoms with van der Waals surface area (Å²) in [6.45, 7) is 4.84. The van der Waals surface area contributed by atoms with Gasteiger partial charge in [0.1, 0.15) is 0 Å². The molecule has 0 amide bonds. The Morgan fingerprint density at radius 1 is 1.33 bits per heavy atom. The first-order valence-electron chi connectivity index (χ1n) is 7.73. The standard InChI is InChI=1S/C16H26N2O2S/c1-3-16(15-9-5-4-6-10-15)18-11-7-8-14(13-18)12-17-21(2,19)20/h4-6,9-10,14,16-17H,3,7-8,11-13H2,1-2H3/t14-,16+/m1/s1. The molecule has 21 heavy (non-hydrogen) atoms. The van der Waals surface area contributed by atoms with Gasteiger partial charge in [-0.05, 0) is 37.3 Å². The summed E-state index contributed by atoms with van der Waals surface area (Å²) in [5.74, 6) is 0.409. The summed E-state index contributed by atoms with van der Waals surface area (Å²) in [7, 11) is -3.09. The van der Waals surface area contributed by atoms with E-state index in [4.69, 9.17) is 0 Å². The molecule has 1 N–H and O–H groups in total. The predicted octanol–water partition coefficient (Wildman–Crippen LogP) is 2.40. The summed E-state index contributed by atoms with van der Waals surface area (Å²) in [6.07, 6.45) is 4.55. The highest BCUT2D eigenvalue weighted by Gasteiger charge is 2.26. The number of benzene rings is 1. The molecule has 4 nitrogen and oxygen atoms in total. The maximum absolute atomic E-state index is 11.2. The minimum Gasteiger partial charge on any atom is -0.296 e. The second kappa shape index (κ2) is 7.38. The Hall–Kier alpha value is -0.910. The van der Waals surface area contributed by atoms with E-state index in [0.29, 0.717) is 18.5 Å². The minimum absolute atomic E-state index is 0.409. The highest BCUT2D eigenvalue weighted by atomic mass is 32.2. The van der Waals surface area contributed by atoms with E-state index in [-0.39, 0.29) is 0 Å². The molecule has 5 heteroatoms. The lowest BCUT2D eigenvalue weighted by atomic mass is 9.94. The quantitative estimate of drug-likeness (QED) is 0.878. The Balaban J connectivity index is 1.99. The molecule has 0 unspecified atom stereocenters. The molecule has 0 radical (unpaired) electrons. The zero-order valence-electron chi connectivity index (χ0n) is 13.0. The van der Waals surface area contributed by atoms with Gasteiger partial charge in [-0.15, -0.1) is 0 Å². The Kier molecular flexibility index (Phi) is 5.79. The highest BCUT2D eigenvalue weighted by Crippen LogP contribution is 2.29. The van der Waals surface area contributed by atoms with Gasteiger partial charge in [-0.25, -0.2) is 13.1 Å². The van der Waals surface area contributed by atoms with Gasteiger partial charge in [0.25, 0.3) is 0 Å². The van der Waals surface area contributed by atoms with Gasteiger partial charge in [0, 0.05) is 19.1 Å². The summed E-state index contributed by atoms with van der Waals surface area (Å²) in [5.41, 5.74) is 1.36. The van der Waals surface area contributed by atoms with Crippen molar-refractivity contribution in [2.75, 3.05) is 25.9 Å². The number of hydrogen-bond donors (Lipinski definition) is 1. The summed E-state index contributed by atoms with van der Waals surface area (Å²) in [6, 6.07) is 11.0. The zero-order chi connectivity index (χ0) is 15.3. The molecule has 118 valence electrons. The Labute approximate surface area is 128 Å². The number of piperidine rings is 1. The van der Waals surface area contributed by atoms with Crippen molar-refractivity contribution in [1.29, 1.82) is 0 Å². The molecule has 0 bridgehead atoms. The fourth-order valence-electron chi connectivity index (χ4n) is 3.20. The van der Waals surface area contributed by atoms with Gasteiger partial charge in [-0.3, -0.25) is 4.90 Å². The van der Waals surface area contributed by atoms with Crippen LogP contribution in [0.1, 0.15) is 37.8 Å². The summed E-state index contributed by atoms with van der Waals surface area (Å²) < 4.78 is 25.1. The molecule has 0 aliphatic carbocycles. The normalized spacial score (nSPS) is 22.1. The van der Waals surface area contributed by atoms with Crippen LogP contribution in [0.15, 0.2) is 30.3 Å². The van der Waals surface area contributed by atoms with Gasteiger partial charge >= 0.3 is 0 Å². The molecule has 1 heterocycles. The molecule has 1 fully saturated rings. The van der Waals surface area contributed by atoms with Gasteiger partial charge in [0.2, 0.25) is 10.0 Å². The van der Waals surface area contributed by atoms with Crippen molar-refractivity contribution in [3.8, 4) is 0 Å². The van der Waals surface area contributed by atoms with E-state index < -0.39 is 10.0 Å². The lowest BCUT2D eigenvalue weighted by Crippen LogP contribution is -2.42. The highest BCUT2D eigenvalue weighted by molar-refractivity contribution is 7.88. The molecule has 0 spiro atoms. The Bertz CT molecular complexity index is 530. The lowest BCUT2D eigenvalue weighted by molar-refractivity contribution is 0.121. The number of sulfonamides is 1. The van der Waals surface area contributed by atoms with E-state index in [1.54, 1.807) is 0 Å². The van der Waals surface area contributed by atoms with E-state index in [9.17, 15) is 8.42 Å². The third-order valence-corrected chi connectivity index (χ3v) is 4.89. The molecule has 1 aliphatic rings. The average Bonchev–Trinajstić information content (AvgIpc) is 2.47. The maximum Gasteiger partial charge on any atom is 0.208 e. The number of nitrogens with one attached hydrogen (secondary N) is 1. The smallest absolute Gasteiger partial charge is 0.208 e. The molecule has 1 aromatic carbocycles. The van der Waals surface area contributed by atoms with Crippen molar-refractivity contribution in [3.05, 3.63) is 35.9 Å². The van der Waals surface area contributed by atoms with Crippen LogP contribution in [0.2, 0.25) is 0 Å². The topological polar surface area (TPSA) is 49.4 Å². The first kappa shape index (κ1) is 16.5. The summed E-state index contributed by atoms with van der Waals surface area (Å²) in [4.78, 5) is 2.51. The fourth-order valence-corrected chi connectivity index (χ4v) is 3.73. The molecular formula is C16H26N2O2S. The van der Waals surface area contributed by atoms with Crippen LogP contribution in [0, 0.1) is 5.92 Å². The molecule has 1 aliphatic heterocycles.